The van der Waals surface area contributed by atoms with Crippen molar-refractivity contribution in [3.63, 3.8) is 0 Å². The number of carbonyl (C=O) groups excluding carboxylic acids is 1. The monoisotopic (exact) mass is 261 g/mol. The Labute approximate surface area is 115 Å². The van der Waals surface area contributed by atoms with Crippen LogP contribution in [-0.4, -0.2) is 17.1 Å². The zero-order chi connectivity index (χ0) is 13.8. The molecule has 4 unspecified atom stereocenters. The van der Waals surface area contributed by atoms with Gasteiger partial charge in [-0.1, -0.05) is 44.2 Å². The number of nitrogens with one attached hydrogen (secondary N) is 1. The van der Waals surface area contributed by atoms with Crippen molar-refractivity contribution < 1.29 is 9.90 Å². The summed E-state index contributed by atoms with van der Waals surface area (Å²) in [7, 11) is 0. The second kappa shape index (κ2) is 6.20. The minimum Gasteiger partial charge on any atom is -0.378 e. The summed E-state index contributed by atoms with van der Waals surface area (Å²) in [6, 6.07) is 9.28. The lowest BCUT2D eigenvalue weighted by molar-refractivity contribution is -0.131. The summed E-state index contributed by atoms with van der Waals surface area (Å²) in [5.41, 5.74) is 0.650. The summed E-state index contributed by atoms with van der Waals surface area (Å²) in [5.74, 6) is 0.940. The van der Waals surface area contributed by atoms with E-state index in [2.05, 4.69) is 19.2 Å². The van der Waals surface area contributed by atoms with E-state index in [1.165, 1.54) is 0 Å². The molecule has 1 saturated carbocycles. The van der Waals surface area contributed by atoms with E-state index in [1.807, 2.05) is 18.2 Å². The molecule has 1 aliphatic carbocycles. The van der Waals surface area contributed by atoms with Crippen LogP contribution in [-0.2, 0) is 4.79 Å². The van der Waals surface area contributed by atoms with Gasteiger partial charge in [0.25, 0.3) is 5.91 Å². The van der Waals surface area contributed by atoms with Crippen LogP contribution in [0.2, 0.25) is 0 Å². The lowest BCUT2D eigenvalue weighted by Crippen LogP contribution is -2.44. The number of aliphatic hydroxyl groups excluding tert-OH is 1. The molecule has 3 heteroatoms. The number of amides is 1. The second-order valence-corrected chi connectivity index (χ2v) is 5.82. The molecule has 3 nitrogen and oxygen atoms in total. The lowest BCUT2D eigenvalue weighted by Gasteiger charge is -2.33. The average Bonchev–Trinajstić information content (AvgIpc) is 2.42. The van der Waals surface area contributed by atoms with Crippen LogP contribution in [0, 0.1) is 11.8 Å². The van der Waals surface area contributed by atoms with Crippen molar-refractivity contribution in [2.45, 2.75) is 45.3 Å². The van der Waals surface area contributed by atoms with Crippen LogP contribution >= 0.6 is 0 Å². The van der Waals surface area contributed by atoms with Gasteiger partial charge in [0.05, 0.1) is 0 Å². The van der Waals surface area contributed by atoms with Crippen molar-refractivity contribution in [1.29, 1.82) is 0 Å². The molecule has 1 fully saturated rings. The molecule has 0 spiro atoms. The first-order valence-corrected chi connectivity index (χ1v) is 7.11. The molecule has 104 valence electrons. The topological polar surface area (TPSA) is 49.3 Å². The van der Waals surface area contributed by atoms with Crippen molar-refractivity contribution in [2.75, 3.05) is 0 Å². The highest BCUT2D eigenvalue weighted by atomic mass is 16.3. The Morgan fingerprint density at radius 3 is 2.58 bits per heavy atom. The normalized spacial score (nSPS) is 28.7. The molecule has 0 saturated heterocycles. The average molecular weight is 261 g/mol. The minimum atomic E-state index is -1.06. The highest BCUT2D eigenvalue weighted by molar-refractivity contribution is 5.82. The zero-order valence-electron chi connectivity index (χ0n) is 11.7. The quantitative estimate of drug-likeness (QED) is 0.879. The third-order valence-electron chi connectivity index (χ3n) is 4.12. The molecule has 19 heavy (non-hydrogen) atoms. The fourth-order valence-corrected chi connectivity index (χ4v) is 2.93. The largest absolute Gasteiger partial charge is 0.378 e. The number of carbonyl (C=O) groups is 1. The van der Waals surface area contributed by atoms with Gasteiger partial charge in [-0.2, -0.15) is 0 Å². The van der Waals surface area contributed by atoms with E-state index in [-0.39, 0.29) is 11.9 Å². The maximum Gasteiger partial charge on any atom is 0.253 e. The van der Waals surface area contributed by atoms with Crippen molar-refractivity contribution in [2.24, 2.45) is 11.8 Å². The van der Waals surface area contributed by atoms with Crippen LogP contribution in [0.4, 0.5) is 0 Å². The molecular formula is C16H23NO2. The standard InChI is InChI=1S/C16H23NO2/c1-11-8-9-14(12(2)10-11)17-16(19)15(18)13-6-4-3-5-7-13/h3-7,11-12,14-15,18H,8-10H2,1-2H3,(H,17,19). The van der Waals surface area contributed by atoms with Crippen molar-refractivity contribution >= 4 is 5.91 Å². The maximum absolute atomic E-state index is 12.1. The first-order chi connectivity index (χ1) is 9.08. The summed E-state index contributed by atoms with van der Waals surface area (Å²) in [6.45, 7) is 4.43. The molecule has 1 aliphatic rings. The molecule has 2 N–H and O–H groups in total. The molecule has 1 aromatic carbocycles. The van der Waals surface area contributed by atoms with E-state index < -0.39 is 6.10 Å². The van der Waals surface area contributed by atoms with Crippen molar-refractivity contribution in [3.05, 3.63) is 35.9 Å². The first kappa shape index (κ1) is 14.1. The van der Waals surface area contributed by atoms with Crippen molar-refractivity contribution in [3.8, 4) is 0 Å². The van der Waals surface area contributed by atoms with E-state index in [4.69, 9.17) is 0 Å². The maximum atomic E-state index is 12.1. The van der Waals surface area contributed by atoms with Gasteiger partial charge in [-0.3, -0.25) is 4.79 Å². The van der Waals surface area contributed by atoms with Gasteiger partial charge in [-0.15, -0.1) is 0 Å². The molecule has 0 bridgehead atoms. The van der Waals surface area contributed by atoms with Crippen LogP contribution < -0.4 is 5.32 Å². The van der Waals surface area contributed by atoms with Crippen molar-refractivity contribution in [1.82, 2.24) is 5.32 Å². The third kappa shape index (κ3) is 3.57. The molecule has 2 rings (SSSR count). The Morgan fingerprint density at radius 2 is 1.95 bits per heavy atom. The van der Waals surface area contributed by atoms with E-state index in [9.17, 15) is 9.90 Å². The fourth-order valence-electron chi connectivity index (χ4n) is 2.93. The third-order valence-corrected chi connectivity index (χ3v) is 4.12. The highest BCUT2D eigenvalue weighted by Gasteiger charge is 2.28. The van der Waals surface area contributed by atoms with Crippen LogP contribution in [0.15, 0.2) is 30.3 Å². The predicted octanol–water partition coefficient (Wildman–Crippen LogP) is 2.66. The van der Waals surface area contributed by atoms with E-state index in [0.717, 1.165) is 25.2 Å². The van der Waals surface area contributed by atoms with Gasteiger partial charge in [-0.25, -0.2) is 0 Å². The Kier molecular flexibility index (Phi) is 4.59. The highest BCUT2D eigenvalue weighted by Crippen LogP contribution is 2.29. The Morgan fingerprint density at radius 1 is 1.26 bits per heavy atom. The molecular weight excluding hydrogens is 238 g/mol. The number of hydrogen-bond donors (Lipinski definition) is 2. The summed E-state index contributed by atoms with van der Waals surface area (Å²) >= 11 is 0. The van der Waals surface area contributed by atoms with Gasteiger partial charge in [-0.05, 0) is 36.7 Å². The Hall–Kier alpha value is -1.35. The smallest absolute Gasteiger partial charge is 0.253 e. The van der Waals surface area contributed by atoms with Gasteiger partial charge in [0.1, 0.15) is 0 Å². The van der Waals surface area contributed by atoms with Crippen LogP contribution in [0.1, 0.15) is 44.8 Å². The summed E-state index contributed by atoms with van der Waals surface area (Å²) < 4.78 is 0. The Balaban J connectivity index is 1.94. The number of aliphatic hydroxyl groups is 1. The van der Waals surface area contributed by atoms with E-state index in [0.29, 0.717) is 11.5 Å². The van der Waals surface area contributed by atoms with Gasteiger partial charge < -0.3 is 10.4 Å². The SMILES string of the molecule is CC1CCC(NC(=O)C(O)c2ccccc2)C(C)C1. The number of rotatable bonds is 3. The summed E-state index contributed by atoms with van der Waals surface area (Å²) in [6.07, 6.45) is 2.24. The first-order valence-electron chi connectivity index (χ1n) is 7.11. The fraction of sp³-hybridized carbons (Fsp3) is 0.562. The molecule has 4 atom stereocenters. The van der Waals surface area contributed by atoms with Crippen LogP contribution in [0.5, 0.6) is 0 Å². The van der Waals surface area contributed by atoms with Gasteiger partial charge in [0, 0.05) is 6.04 Å². The summed E-state index contributed by atoms with van der Waals surface area (Å²) in [4.78, 5) is 12.1. The molecule has 0 aromatic heterocycles. The molecule has 1 amide bonds. The van der Waals surface area contributed by atoms with Gasteiger partial charge in [0.15, 0.2) is 6.10 Å². The molecule has 1 aromatic rings. The second-order valence-electron chi connectivity index (χ2n) is 5.82. The van der Waals surface area contributed by atoms with Gasteiger partial charge in [0.2, 0.25) is 0 Å². The lowest BCUT2D eigenvalue weighted by atomic mass is 9.80. The summed E-state index contributed by atoms with van der Waals surface area (Å²) in [5, 5.41) is 13.0. The predicted molar refractivity (Wildman–Crippen MR) is 75.5 cm³/mol. The van der Waals surface area contributed by atoms with Crippen LogP contribution in [0.3, 0.4) is 0 Å². The molecule has 0 radical (unpaired) electrons. The Bertz CT molecular complexity index is 418. The molecule has 0 aliphatic heterocycles. The van der Waals surface area contributed by atoms with Crippen LogP contribution in [0.25, 0.3) is 0 Å². The minimum absolute atomic E-state index is 0.196. The van der Waals surface area contributed by atoms with E-state index in [1.54, 1.807) is 12.1 Å². The number of hydrogen-bond acceptors (Lipinski definition) is 2. The zero-order valence-corrected chi connectivity index (χ0v) is 11.7. The molecule has 0 heterocycles. The van der Waals surface area contributed by atoms with E-state index >= 15 is 0 Å². The van der Waals surface area contributed by atoms with Gasteiger partial charge >= 0.3 is 0 Å². The number of benzene rings is 1.